The van der Waals surface area contributed by atoms with E-state index in [2.05, 4.69) is 4.98 Å². The third-order valence-electron chi connectivity index (χ3n) is 5.78. The molecule has 1 amide bonds. The van der Waals surface area contributed by atoms with Gasteiger partial charge in [0.1, 0.15) is 18.5 Å². The number of nitrogens with two attached hydrogens (primary N) is 1. The van der Waals surface area contributed by atoms with Crippen LogP contribution in [0.15, 0.2) is 18.2 Å². The van der Waals surface area contributed by atoms with Crippen LogP contribution < -0.4 is 10.6 Å². The minimum Gasteiger partial charge on any atom is -0.377 e. The van der Waals surface area contributed by atoms with Gasteiger partial charge in [0.25, 0.3) is 0 Å². The van der Waals surface area contributed by atoms with Crippen LogP contribution in [-0.4, -0.2) is 71.0 Å². The summed E-state index contributed by atoms with van der Waals surface area (Å²) in [6.07, 6.45) is -0.763. The Morgan fingerprint density at radius 3 is 2.90 bits per heavy atom. The molecular weight excluding hydrogens is 380 g/mol. The van der Waals surface area contributed by atoms with Crippen molar-refractivity contribution < 1.29 is 18.3 Å². The molecule has 0 unspecified atom stereocenters. The lowest BCUT2D eigenvalue weighted by atomic mass is 10.0. The number of hydrogen-bond donors (Lipinski definition) is 1. The van der Waals surface area contributed by atoms with Crippen LogP contribution in [0.5, 0.6) is 0 Å². The summed E-state index contributed by atoms with van der Waals surface area (Å²) in [6, 6.07) is 3.69. The molecule has 2 aliphatic rings. The number of nitrogens with zero attached hydrogens (tertiary/aromatic N) is 4. The van der Waals surface area contributed by atoms with Crippen molar-refractivity contribution in [3.63, 3.8) is 0 Å². The van der Waals surface area contributed by atoms with Gasteiger partial charge in [-0.05, 0) is 38.5 Å². The smallest absolute Gasteiger partial charge is 0.243 e. The summed E-state index contributed by atoms with van der Waals surface area (Å²) >= 11 is 0. The highest BCUT2D eigenvalue weighted by molar-refractivity contribution is 5.84. The molecule has 1 aromatic heterocycles. The Balaban J connectivity index is 1.70. The molecule has 2 aliphatic heterocycles. The van der Waals surface area contributed by atoms with Crippen molar-refractivity contribution in [1.29, 1.82) is 0 Å². The highest BCUT2D eigenvalue weighted by atomic mass is 19.1. The standard InChI is InChI=1S/C20H27F2N5O2/c1-20(2)12-29-8-7-27(20)18(28)11-26-17-9-13(21)3-4-16(17)24-19(26)25-6-5-14(22)15(23)10-25/h3-4,9,14-15H,5-8,10-12,23H2,1-2H3/t14-,15-/m1/s1. The van der Waals surface area contributed by atoms with Gasteiger partial charge in [-0.25, -0.2) is 13.8 Å². The molecule has 0 radical (unpaired) electrons. The first-order chi connectivity index (χ1) is 13.8. The highest BCUT2D eigenvalue weighted by Crippen LogP contribution is 2.28. The fourth-order valence-corrected chi connectivity index (χ4v) is 4.16. The number of hydrogen-bond acceptors (Lipinski definition) is 5. The van der Waals surface area contributed by atoms with Crippen molar-refractivity contribution in [2.75, 3.05) is 37.7 Å². The highest BCUT2D eigenvalue weighted by Gasteiger charge is 2.35. The number of ether oxygens (including phenoxy) is 1. The van der Waals surface area contributed by atoms with Gasteiger partial charge in [-0.3, -0.25) is 4.79 Å². The number of aromatic nitrogens is 2. The van der Waals surface area contributed by atoms with E-state index in [4.69, 9.17) is 10.5 Å². The van der Waals surface area contributed by atoms with E-state index >= 15 is 0 Å². The van der Waals surface area contributed by atoms with E-state index in [9.17, 15) is 13.6 Å². The van der Waals surface area contributed by atoms with Gasteiger partial charge in [0.2, 0.25) is 11.9 Å². The van der Waals surface area contributed by atoms with Crippen LogP contribution >= 0.6 is 0 Å². The Morgan fingerprint density at radius 2 is 2.17 bits per heavy atom. The van der Waals surface area contributed by atoms with E-state index < -0.39 is 23.6 Å². The van der Waals surface area contributed by atoms with Crippen LogP contribution in [0.4, 0.5) is 14.7 Å². The zero-order chi connectivity index (χ0) is 20.8. The van der Waals surface area contributed by atoms with Gasteiger partial charge in [-0.2, -0.15) is 0 Å². The summed E-state index contributed by atoms with van der Waals surface area (Å²) in [5, 5.41) is 0. The third kappa shape index (κ3) is 3.81. The average molecular weight is 407 g/mol. The van der Waals surface area contributed by atoms with Crippen LogP contribution in [0.1, 0.15) is 20.3 Å². The molecule has 0 bridgehead atoms. The molecule has 158 valence electrons. The molecule has 0 aliphatic carbocycles. The molecule has 0 saturated carbocycles. The minimum atomic E-state index is -1.06. The van der Waals surface area contributed by atoms with E-state index in [1.54, 1.807) is 15.5 Å². The van der Waals surface area contributed by atoms with Crippen molar-refractivity contribution in [1.82, 2.24) is 14.5 Å². The number of carbonyl (C=O) groups excluding carboxylic acids is 1. The molecule has 2 aromatic rings. The first-order valence-corrected chi connectivity index (χ1v) is 9.95. The Morgan fingerprint density at radius 1 is 1.38 bits per heavy atom. The summed E-state index contributed by atoms with van der Waals surface area (Å²) in [5.74, 6) is 0.0312. The molecule has 0 spiro atoms. The second-order valence-electron chi connectivity index (χ2n) is 8.46. The molecule has 2 N–H and O–H groups in total. The van der Waals surface area contributed by atoms with Gasteiger partial charge < -0.3 is 24.8 Å². The van der Waals surface area contributed by atoms with E-state index in [1.807, 2.05) is 18.7 Å². The van der Waals surface area contributed by atoms with Gasteiger partial charge in [-0.15, -0.1) is 0 Å². The molecule has 1 aromatic carbocycles. The Bertz CT molecular complexity index is 916. The molecule has 2 saturated heterocycles. The molecular formula is C20H27F2N5O2. The van der Waals surface area contributed by atoms with E-state index in [0.717, 1.165) is 0 Å². The maximum atomic E-state index is 14.0. The first-order valence-electron chi connectivity index (χ1n) is 9.95. The van der Waals surface area contributed by atoms with E-state index in [0.29, 0.717) is 56.3 Å². The maximum absolute atomic E-state index is 14.0. The molecule has 2 fully saturated rings. The largest absolute Gasteiger partial charge is 0.377 e. The summed E-state index contributed by atoms with van der Waals surface area (Å²) in [4.78, 5) is 21.5. The minimum absolute atomic E-state index is 0.0174. The van der Waals surface area contributed by atoms with Gasteiger partial charge in [0, 0.05) is 19.6 Å². The number of amides is 1. The molecule has 3 heterocycles. The van der Waals surface area contributed by atoms with Gasteiger partial charge >= 0.3 is 0 Å². The zero-order valence-electron chi connectivity index (χ0n) is 16.8. The molecule has 9 heteroatoms. The summed E-state index contributed by atoms with van der Waals surface area (Å²) in [6.45, 7) is 6.12. The summed E-state index contributed by atoms with van der Waals surface area (Å²) < 4.78 is 35.0. The third-order valence-corrected chi connectivity index (χ3v) is 5.78. The van der Waals surface area contributed by atoms with Crippen LogP contribution in [-0.2, 0) is 16.1 Å². The second-order valence-corrected chi connectivity index (χ2v) is 8.46. The number of piperidine rings is 1. The normalized spacial score (nSPS) is 24.9. The fraction of sp³-hybridized carbons (Fsp3) is 0.600. The van der Waals surface area contributed by atoms with Crippen molar-refractivity contribution in [3.05, 3.63) is 24.0 Å². The average Bonchev–Trinajstić information content (AvgIpc) is 3.01. The topological polar surface area (TPSA) is 76.6 Å². The lowest BCUT2D eigenvalue weighted by Gasteiger charge is -2.42. The number of benzene rings is 1. The fourth-order valence-electron chi connectivity index (χ4n) is 4.16. The predicted octanol–water partition coefficient (Wildman–Crippen LogP) is 1.69. The van der Waals surface area contributed by atoms with E-state index in [-0.39, 0.29) is 12.5 Å². The number of halogens is 2. The van der Waals surface area contributed by atoms with Crippen LogP contribution in [0, 0.1) is 5.82 Å². The number of morpholine rings is 1. The van der Waals surface area contributed by atoms with Crippen LogP contribution in [0.2, 0.25) is 0 Å². The number of rotatable bonds is 3. The summed E-state index contributed by atoms with van der Waals surface area (Å²) in [7, 11) is 0. The first kappa shape index (κ1) is 20.0. The monoisotopic (exact) mass is 407 g/mol. The van der Waals surface area contributed by atoms with Crippen molar-refractivity contribution in [2.24, 2.45) is 5.73 Å². The van der Waals surface area contributed by atoms with Gasteiger partial charge in [-0.1, -0.05) is 0 Å². The number of anilines is 1. The zero-order valence-corrected chi connectivity index (χ0v) is 16.8. The van der Waals surface area contributed by atoms with Crippen molar-refractivity contribution >= 4 is 22.9 Å². The SMILES string of the molecule is CC1(C)COCCN1C(=O)Cn1c(N2CC[C@@H](F)[C@H](N)C2)nc2ccc(F)cc21. The lowest BCUT2D eigenvalue weighted by molar-refractivity contribution is -0.146. The molecule has 7 nitrogen and oxygen atoms in total. The molecule has 4 rings (SSSR count). The molecule has 29 heavy (non-hydrogen) atoms. The molecule has 2 atom stereocenters. The lowest BCUT2D eigenvalue weighted by Crippen LogP contribution is -2.56. The maximum Gasteiger partial charge on any atom is 0.243 e. The Kier molecular flexibility index (Phi) is 5.20. The predicted molar refractivity (Wildman–Crippen MR) is 106 cm³/mol. The van der Waals surface area contributed by atoms with Gasteiger partial charge in [0.05, 0.1) is 35.8 Å². The van der Waals surface area contributed by atoms with Crippen LogP contribution in [0.3, 0.4) is 0 Å². The van der Waals surface area contributed by atoms with E-state index in [1.165, 1.54) is 12.1 Å². The quantitative estimate of drug-likeness (QED) is 0.838. The van der Waals surface area contributed by atoms with Gasteiger partial charge in [0.15, 0.2) is 0 Å². The van der Waals surface area contributed by atoms with Crippen molar-refractivity contribution in [3.8, 4) is 0 Å². The number of fused-ring (bicyclic) bond motifs is 1. The number of carbonyl (C=O) groups is 1. The second kappa shape index (κ2) is 7.53. The Labute approximate surface area is 168 Å². The van der Waals surface area contributed by atoms with Crippen molar-refractivity contribution in [2.45, 2.75) is 44.6 Å². The van der Waals surface area contributed by atoms with Crippen LogP contribution in [0.25, 0.3) is 11.0 Å². The number of imidazole rings is 1. The summed E-state index contributed by atoms with van der Waals surface area (Å²) in [5.41, 5.74) is 6.63. The number of alkyl halides is 1. The Hall–Kier alpha value is -2.26.